The number of likely N-dealkylation sites (tertiary alicyclic amines) is 1. The van der Waals surface area contributed by atoms with Crippen LogP contribution >= 0.6 is 11.3 Å². The maximum atomic E-state index is 12.9. The number of aryl methyl sites for hydroxylation is 4. The number of rotatable bonds is 4. The van der Waals surface area contributed by atoms with E-state index in [1.54, 1.807) is 4.90 Å². The number of thiophene rings is 1. The summed E-state index contributed by atoms with van der Waals surface area (Å²) in [5, 5.41) is 0. The molecule has 0 aliphatic carbocycles. The number of carbonyl (C=O) groups is 3. The molecule has 0 saturated carbocycles. The molecule has 2 heterocycles. The van der Waals surface area contributed by atoms with Crippen LogP contribution < -0.4 is 10.9 Å². The first-order valence-electron chi connectivity index (χ1n) is 10.4. The van der Waals surface area contributed by atoms with Gasteiger partial charge in [0.25, 0.3) is 11.8 Å². The fourth-order valence-corrected chi connectivity index (χ4v) is 4.93. The monoisotopic (exact) mass is 427 g/mol. The summed E-state index contributed by atoms with van der Waals surface area (Å²) in [5.74, 6) is -0.963. The average molecular weight is 428 g/mol. The van der Waals surface area contributed by atoms with E-state index in [1.807, 2.05) is 45.0 Å². The molecule has 1 aromatic carbocycles. The zero-order valence-electron chi connectivity index (χ0n) is 18.0. The van der Waals surface area contributed by atoms with Crippen LogP contribution in [0.2, 0.25) is 0 Å². The Labute approximate surface area is 181 Å². The van der Waals surface area contributed by atoms with E-state index in [2.05, 4.69) is 17.8 Å². The lowest BCUT2D eigenvalue weighted by Gasteiger charge is -2.32. The summed E-state index contributed by atoms with van der Waals surface area (Å²) < 4.78 is 0. The van der Waals surface area contributed by atoms with E-state index in [9.17, 15) is 14.4 Å². The van der Waals surface area contributed by atoms with E-state index in [-0.39, 0.29) is 23.6 Å². The van der Waals surface area contributed by atoms with E-state index >= 15 is 0 Å². The van der Waals surface area contributed by atoms with Crippen LogP contribution in [0.1, 0.15) is 61.4 Å². The van der Waals surface area contributed by atoms with Crippen molar-refractivity contribution in [2.24, 2.45) is 5.92 Å². The molecular weight excluding hydrogens is 398 g/mol. The molecule has 3 rings (SSSR count). The van der Waals surface area contributed by atoms with Gasteiger partial charge in [0.05, 0.1) is 10.8 Å². The Morgan fingerprint density at radius 2 is 1.77 bits per heavy atom. The second kappa shape index (κ2) is 9.43. The standard InChI is InChI=1S/C23H29N3O3S/c1-5-19-16(4)12-20(30-19)22(28)25-24-21(27)17-7-6-8-26(13-17)23(29)18-10-14(2)9-15(3)11-18/h9-12,17H,5-8,13H2,1-4H3,(H,24,27)(H,25,28)/t17-/m1/s1. The molecule has 6 nitrogen and oxygen atoms in total. The molecule has 0 unspecified atom stereocenters. The molecule has 0 spiro atoms. The van der Waals surface area contributed by atoms with E-state index < -0.39 is 0 Å². The van der Waals surface area contributed by atoms with Gasteiger partial charge in [0, 0.05) is 23.5 Å². The molecule has 0 radical (unpaired) electrons. The summed E-state index contributed by atoms with van der Waals surface area (Å²) in [4.78, 5) is 41.4. The number of amides is 3. The zero-order valence-corrected chi connectivity index (χ0v) is 18.8. The van der Waals surface area contributed by atoms with Crippen molar-refractivity contribution in [2.75, 3.05) is 13.1 Å². The van der Waals surface area contributed by atoms with Crippen molar-refractivity contribution in [1.82, 2.24) is 15.8 Å². The summed E-state index contributed by atoms with van der Waals surface area (Å²) in [6, 6.07) is 7.64. The van der Waals surface area contributed by atoms with E-state index in [0.717, 1.165) is 29.5 Å². The predicted molar refractivity (Wildman–Crippen MR) is 119 cm³/mol. The van der Waals surface area contributed by atoms with Crippen molar-refractivity contribution in [3.8, 4) is 0 Å². The van der Waals surface area contributed by atoms with Crippen molar-refractivity contribution in [3.05, 3.63) is 56.3 Å². The summed E-state index contributed by atoms with van der Waals surface area (Å²) in [6.45, 7) is 8.96. The second-order valence-corrected chi connectivity index (χ2v) is 9.12. The third kappa shape index (κ3) is 5.08. The second-order valence-electron chi connectivity index (χ2n) is 7.98. The maximum absolute atomic E-state index is 12.9. The van der Waals surface area contributed by atoms with Gasteiger partial charge in [-0.2, -0.15) is 0 Å². The Morgan fingerprint density at radius 1 is 1.07 bits per heavy atom. The number of piperidine rings is 1. The highest BCUT2D eigenvalue weighted by molar-refractivity contribution is 7.14. The number of hydrogen-bond donors (Lipinski definition) is 2. The van der Waals surface area contributed by atoms with Crippen molar-refractivity contribution >= 4 is 29.1 Å². The van der Waals surface area contributed by atoms with Gasteiger partial charge in [-0.3, -0.25) is 25.2 Å². The molecule has 1 aliphatic heterocycles. The molecule has 2 aromatic rings. The van der Waals surface area contributed by atoms with E-state index in [0.29, 0.717) is 30.0 Å². The third-order valence-corrected chi connectivity index (χ3v) is 6.79. The average Bonchev–Trinajstić information content (AvgIpc) is 3.11. The van der Waals surface area contributed by atoms with Crippen LogP contribution in [-0.4, -0.2) is 35.7 Å². The lowest BCUT2D eigenvalue weighted by Crippen LogP contribution is -2.50. The fourth-order valence-electron chi connectivity index (χ4n) is 3.92. The normalized spacial score (nSPS) is 16.3. The smallest absolute Gasteiger partial charge is 0.279 e. The highest BCUT2D eigenvalue weighted by Gasteiger charge is 2.29. The summed E-state index contributed by atoms with van der Waals surface area (Å²) in [6.07, 6.45) is 2.32. The van der Waals surface area contributed by atoms with Gasteiger partial charge in [0.15, 0.2) is 0 Å². The molecular formula is C23H29N3O3S. The quantitative estimate of drug-likeness (QED) is 0.733. The molecule has 3 amide bonds. The molecule has 30 heavy (non-hydrogen) atoms. The molecule has 1 fully saturated rings. The van der Waals surface area contributed by atoms with Crippen LogP contribution in [-0.2, 0) is 11.2 Å². The van der Waals surface area contributed by atoms with Gasteiger partial charge in [-0.05, 0) is 63.8 Å². The van der Waals surface area contributed by atoms with Crippen LogP contribution in [0.15, 0.2) is 24.3 Å². The Balaban J connectivity index is 1.58. The van der Waals surface area contributed by atoms with E-state index in [4.69, 9.17) is 0 Å². The van der Waals surface area contributed by atoms with Gasteiger partial charge < -0.3 is 4.90 Å². The van der Waals surface area contributed by atoms with Gasteiger partial charge in [0.2, 0.25) is 5.91 Å². The summed E-state index contributed by atoms with van der Waals surface area (Å²) in [7, 11) is 0. The minimum atomic E-state index is -0.342. The largest absolute Gasteiger partial charge is 0.338 e. The van der Waals surface area contributed by atoms with Crippen LogP contribution in [0, 0.1) is 26.7 Å². The third-order valence-electron chi connectivity index (χ3n) is 5.41. The van der Waals surface area contributed by atoms with Gasteiger partial charge >= 0.3 is 0 Å². The zero-order chi connectivity index (χ0) is 21.8. The number of hydrazine groups is 1. The Kier molecular flexibility index (Phi) is 6.92. The SMILES string of the molecule is CCc1sc(C(=O)NNC(=O)[C@@H]2CCCN(C(=O)c3cc(C)cc(C)c3)C2)cc1C. The van der Waals surface area contributed by atoms with Crippen molar-refractivity contribution in [3.63, 3.8) is 0 Å². The fraction of sp³-hybridized carbons (Fsp3) is 0.435. The minimum absolute atomic E-state index is 0.0514. The maximum Gasteiger partial charge on any atom is 0.279 e. The van der Waals surface area contributed by atoms with Gasteiger partial charge in [-0.15, -0.1) is 11.3 Å². The van der Waals surface area contributed by atoms with Crippen molar-refractivity contribution in [1.29, 1.82) is 0 Å². The first kappa shape index (κ1) is 22.0. The van der Waals surface area contributed by atoms with Crippen LogP contribution in [0.3, 0.4) is 0 Å². The van der Waals surface area contributed by atoms with Crippen LogP contribution in [0.4, 0.5) is 0 Å². The van der Waals surface area contributed by atoms with Gasteiger partial charge in [0.1, 0.15) is 0 Å². The van der Waals surface area contributed by atoms with Gasteiger partial charge in [-0.1, -0.05) is 24.1 Å². The number of nitrogens with zero attached hydrogens (tertiary/aromatic N) is 1. The minimum Gasteiger partial charge on any atom is -0.338 e. The molecule has 1 saturated heterocycles. The highest BCUT2D eigenvalue weighted by Crippen LogP contribution is 2.22. The van der Waals surface area contributed by atoms with Gasteiger partial charge in [-0.25, -0.2) is 0 Å². The van der Waals surface area contributed by atoms with E-state index in [1.165, 1.54) is 16.2 Å². The predicted octanol–water partition coefficient (Wildman–Crippen LogP) is 3.55. The Morgan fingerprint density at radius 3 is 2.40 bits per heavy atom. The first-order valence-corrected chi connectivity index (χ1v) is 11.2. The van der Waals surface area contributed by atoms with Crippen LogP contribution in [0.5, 0.6) is 0 Å². The number of benzene rings is 1. The molecule has 0 bridgehead atoms. The Hall–Kier alpha value is -2.67. The Bertz CT molecular complexity index is 946. The number of nitrogens with one attached hydrogen (secondary N) is 2. The number of carbonyl (C=O) groups excluding carboxylic acids is 3. The highest BCUT2D eigenvalue weighted by atomic mass is 32.1. The lowest BCUT2D eigenvalue weighted by atomic mass is 9.96. The molecule has 2 N–H and O–H groups in total. The lowest BCUT2D eigenvalue weighted by molar-refractivity contribution is -0.127. The van der Waals surface area contributed by atoms with Crippen molar-refractivity contribution < 1.29 is 14.4 Å². The molecule has 1 aliphatic rings. The topological polar surface area (TPSA) is 78.5 Å². The molecule has 7 heteroatoms. The molecule has 160 valence electrons. The summed E-state index contributed by atoms with van der Waals surface area (Å²) >= 11 is 1.44. The molecule has 1 aromatic heterocycles. The first-order chi connectivity index (χ1) is 14.3. The summed E-state index contributed by atoms with van der Waals surface area (Å²) in [5.41, 5.74) is 8.90. The van der Waals surface area contributed by atoms with Crippen molar-refractivity contribution in [2.45, 2.75) is 47.0 Å². The number of hydrogen-bond acceptors (Lipinski definition) is 4. The van der Waals surface area contributed by atoms with Crippen LogP contribution in [0.25, 0.3) is 0 Å². The molecule has 1 atom stereocenters.